The largest absolute Gasteiger partial charge is 0.334 e. The van der Waals surface area contributed by atoms with Crippen LogP contribution in [0.2, 0.25) is 0 Å². The van der Waals surface area contributed by atoms with Gasteiger partial charge in [-0.15, -0.1) is 0 Å². The highest BCUT2D eigenvalue weighted by Gasteiger charge is 2.13. The zero-order valence-corrected chi connectivity index (χ0v) is 11.1. The molecule has 1 aromatic heterocycles. The maximum absolute atomic E-state index is 13.2. The number of aromatic amines is 2. The fourth-order valence-corrected chi connectivity index (χ4v) is 2.19. The van der Waals surface area contributed by atoms with Crippen molar-refractivity contribution in [3.05, 3.63) is 51.6 Å². The number of H-pyrrole nitrogens is 2. The van der Waals surface area contributed by atoms with Crippen molar-refractivity contribution in [1.82, 2.24) is 9.97 Å². The van der Waals surface area contributed by atoms with E-state index in [1.54, 1.807) is 0 Å². The second kappa shape index (κ2) is 5.07. The number of rotatable bonds is 3. The van der Waals surface area contributed by atoms with Gasteiger partial charge in [-0.3, -0.25) is 0 Å². The predicted octanol–water partition coefficient (Wildman–Crippen LogP) is 3.68. The molecule has 0 atom stereocenters. The van der Waals surface area contributed by atoms with Crippen molar-refractivity contribution < 1.29 is 8.78 Å². The summed E-state index contributed by atoms with van der Waals surface area (Å²) in [5.74, 6) is -1.80. The van der Waals surface area contributed by atoms with Crippen molar-refractivity contribution in [2.24, 2.45) is 0 Å². The highest BCUT2D eigenvalue weighted by atomic mass is 32.1. The minimum atomic E-state index is -0.915. The molecule has 0 radical (unpaired) electrons. The van der Waals surface area contributed by atoms with E-state index in [0.717, 1.165) is 17.8 Å². The summed E-state index contributed by atoms with van der Waals surface area (Å²) in [4.78, 5) is 6.32. The fraction of sp³-hybridized carbons (Fsp3) is 0.167. The molecule has 0 bridgehead atoms. The highest BCUT2D eigenvalue weighted by Crippen LogP contribution is 2.16. The summed E-state index contributed by atoms with van der Waals surface area (Å²) in [6.45, 7) is 1.95. The molecule has 94 valence electrons. The summed E-state index contributed by atoms with van der Waals surface area (Å²) in [7, 11) is 0. The van der Waals surface area contributed by atoms with Gasteiger partial charge in [-0.25, -0.2) is 8.78 Å². The quantitative estimate of drug-likeness (QED) is 0.665. The third-order valence-electron chi connectivity index (χ3n) is 2.57. The molecular weight excluding hydrogens is 274 g/mol. The Bertz CT molecular complexity index is 658. The molecule has 0 aliphatic rings. The average molecular weight is 284 g/mol. The maximum Gasteiger partial charge on any atom is 0.175 e. The second-order valence-electron chi connectivity index (χ2n) is 3.74. The van der Waals surface area contributed by atoms with Crippen LogP contribution >= 0.6 is 24.4 Å². The summed E-state index contributed by atoms with van der Waals surface area (Å²) in [5, 5.41) is 0. The van der Waals surface area contributed by atoms with Gasteiger partial charge in [0.05, 0.1) is 10.6 Å². The smallest absolute Gasteiger partial charge is 0.175 e. The molecule has 0 unspecified atom stereocenters. The molecule has 0 aliphatic carbocycles. The molecule has 0 fully saturated rings. The van der Waals surface area contributed by atoms with E-state index >= 15 is 0 Å². The van der Waals surface area contributed by atoms with Crippen molar-refractivity contribution in [3.8, 4) is 0 Å². The van der Waals surface area contributed by atoms with Crippen molar-refractivity contribution >= 4 is 29.3 Å². The van der Waals surface area contributed by atoms with Crippen molar-refractivity contribution in [2.45, 2.75) is 13.3 Å². The van der Waals surface area contributed by atoms with E-state index in [1.165, 1.54) is 6.07 Å². The third kappa shape index (κ3) is 2.39. The molecule has 0 amide bonds. The van der Waals surface area contributed by atoms with Crippen LogP contribution in [0.4, 0.5) is 8.78 Å². The Balaban J connectivity index is 2.47. The number of benzene rings is 1. The Morgan fingerprint density at radius 1 is 1.22 bits per heavy atom. The molecule has 0 spiro atoms. The van der Waals surface area contributed by atoms with Crippen LogP contribution in [0.25, 0.3) is 0 Å². The monoisotopic (exact) mass is 284 g/mol. The first-order valence-corrected chi connectivity index (χ1v) is 6.15. The predicted molar refractivity (Wildman–Crippen MR) is 72.5 cm³/mol. The van der Waals surface area contributed by atoms with E-state index in [2.05, 4.69) is 9.97 Å². The van der Waals surface area contributed by atoms with Gasteiger partial charge in [0.1, 0.15) is 0 Å². The molecule has 2 N–H and O–H groups in total. The Labute approximate surface area is 113 Å². The molecule has 0 aliphatic heterocycles. The molecule has 1 heterocycles. The lowest BCUT2D eigenvalue weighted by Gasteiger charge is -2.04. The van der Waals surface area contributed by atoms with Gasteiger partial charge in [-0.2, -0.15) is 0 Å². The molecule has 2 nitrogen and oxygen atoms in total. The lowest BCUT2D eigenvalue weighted by atomic mass is 10.1. The number of hydrogen-bond acceptors (Lipinski definition) is 2. The van der Waals surface area contributed by atoms with Gasteiger partial charge in [0.25, 0.3) is 0 Å². The molecular formula is C12H10F2N2S2. The van der Waals surface area contributed by atoms with E-state index in [0.29, 0.717) is 27.3 Å². The van der Waals surface area contributed by atoms with E-state index in [4.69, 9.17) is 24.4 Å². The maximum atomic E-state index is 13.2. The summed E-state index contributed by atoms with van der Waals surface area (Å²) >= 11 is 10.3. The number of halogens is 2. The minimum absolute atomic E-state index is 0.415. The molecule has 1 aromatic carbocycles. The van der Waals surface area contributed by atoms with Crippen molar-refractivity contribution in [1.29, 1.82) is 0 Å². The van der Waals surface area contributed by atoms with Gasteiger partial charge < -0.3 is 9.97 Å². The molecule has 2 aromatic rings. The zero-order chi connectivity index (χ0) is 13.3. The van der Waals surface area contributed by atoms with Crippen LogP contribution in [0.5, 0.6) is 0 Å². The SMILES string of the molecule is CCc1[nH]c(=S)[nH]c1C(=S)c1ccc(F)c(F)c1. The van der Waals surface area contributed by atoms with Crippen LogP contribution in [0.3, 0.4) is 0 Å². The number of aromatic nitrogens is 2. The minimum Gasteiger partial charge on any atom is -0.334 e. The fourth-order valence-electron chi connectivity index (χ4n) is 1.66. The molecule has 6 heteroatoms. The normalized spacial score (nSPS) is 10.6. The molecule has 2 rings (SSSR count). The van der Waals surface area contributed by atoms with Crippen LogP contribution in [-0.2, 0) is 6.42 Å². The first-order valence-electron chi connectivity index (χ1n) is 5.33. The van der Waals surface area contributed by atoms with Gasteiger partial charge in [-0.05, 0) is 36.3 Å². The third-order valence-corrected chi connectivity index (χ3v) is 3.21. The van der Waals surface area contributed by atoms with Crippen LogP contribution in [0.15, 0.2) is 18.2 Å². The van der Waals surface area contributed by atoms with Crippen molar-refractivity contribution in [3.63, 3.8) is 0 Å². The van der Waals surface area contributed by atoms with E-state index < -0.39 is 11.6 Å². The van der Waals surface area contributed by atoms with Gasteiger partial charge in [0, 0.05) is 5.69 Å². The molecule has 0 saturated heterocycles. The summed E-state index contributed by atoms with van der Waals surface area (Å²) in [6, 6.07) is 3.59. The van der Waals surface area contributed by atoms with Gasteiger partial charge in [0.2, 0.25) is 0 Å². The second-order valence-corrected chi connectivity index (χ2v) is 4.56. The Hall–Kier alpha value is -1.40. The summed E-state index contributed by atoms with van der Waals surface area (Å²) in [5.41, 5.74) is 1.96. The Morgan fingerprint density at radius 2 is 1.94 bits per heavy atom. The average Bonchev–Trinajstić information content (AvgIpc) is 2.73. The van der Waals surface area contributed by atoms with Gasteiger partial charge >= 0.3 is 0 Å². The first kappa shape index (κ1) is 13.0. The first-order chi connectivity index (χ1) is 8.52. The number of hydrogen-bond donors (Lipinski definition) is 2. The number of imidazole rings is 1. The summed E-state index contributed by atoms with van der Waals surface area (Å²) < 4.78 is 26.5. The Morgan fingerprint density at radius 3 is 2.56 bits per heavy atom. The number of nitrogens with one attached hydrogen (secondary N) is 2. The van der Waals surface area contributed by atoms with Crippen molar-refractivity contribution in [2.75, 3.05) is 0 Å². The van der Waals surface area contributed by atoms with Crippen LogP contribution in [-0.4, -0.2) is 14.8 Å². The lowest BCUT2D eigenvalue weighted by Crippen LogP contribution is -2.04. The van der Waals surface area contributed by atoms with Crippen LogP contribution < -0.4 is 0 Å². The Kier molecular flexibility index (Phi) is 3.68. The van der Waals surface area contributed by atoms with E-state index in [9.17, 15) is 8.78 Å². The lowest BCUT2D eigenvalue weighted by molar-refractivity contribution is 0.508. The van der Waals surface area contributed by atoms with Crippen LogP contribution in [0, 0.1) is 16.4 Å². The van der Waals surface area contributed by atoms with Gasteiger partial charge in [0.15, 0.2) is 16.4 Å². The number of aryl methyl sites for hydroxylation is 1. The highest BCUT2D eigenvalue weighted by molar-refractivity contribution is 7.81. The zero-order valence-electron chi connectivity index (χ0n) is 9.51. The summed E-state index contributed by atoms with van der Waals surface area (Å²) in [6.07, 6.45) is 0.715. The van der Waals surface area contributed by atoms with E-state index in [-0.39, 0.29) is 0 Å². The molecule has 18 heavy (non-hydrogen) atoms. The van der Waals surface area contributed by atoms with Crippen LogP contribution in [0.1, 0.15) is 23.9 Å². The molecule has 0 saturated carbocycles. The topological polar surface area (TPSA) is 31.6 Å². The number of thiocarbonyl (C=S) groups is 1. The van der Waals surface area contributed by atoms with E-state index in [1.807, 2.05) is 6.92 Å². The standard InChI is InChI=1S/C12H10F2N2S2/c1-2-9-10(16-12(18)15-9)11(17)6-3-4-7(13)8(14)5-6/h3-5H,2H2,1H3,(H2,15,16,18). The van der Waals surface area contributed by atoms with Gasteiger partial charge in [-0.1, -0.05) is 25.2 Å².